The fourth-order valence-corrected chi connectivity index (χ4v) is 2.23. The summed E-state index contributed by atoms with van der Waals surface area (Å²) in [6, 6.07) is 0. The SMILES string of the molecule is CCOCCOCC(O)CNCC1CCC(O)C1. The van der Waals surface area contributed by atoms with Gasteiger partial charge >= 0.3 is 0 Å². The molecule has 0 aromatic heterocycles. The summed E-state index contributed by atoms with van der Waals surface area (Å²) >= 11 is 0. The average Bonchev–Trinajstić information content (AvgIpc) is 2.75. The summed E-state index contributed by atoms with van der Waals surface area (Å²) < 4.78 is 10.4. The molecule has 1 fully saturated rings. The summed E-state index contributed by atoms with van der Waals surface area (Å²) in [7, 11) is 0. The van der Waals surface area contributed by atoms with E-state index in [0.717, 1.165) is 25.8 Å². The summed E-state index contributed by atoms with van der Waals surface area (Å²) in [5.41, 5.74) is 0. The number of ether oxygens (including phenoxy) is 2. The van der Waals surface area contributed by atoms with Gasteiger partial charge in [0.1, 0.15) is 0 Å². The summed E-state index contributed by atoms with van der Waals surface area (Å²) in [6.07, 6.45) is 2.28. The molecule has 0 saturated heterocycles. The van der Waals surface area contributed by atoms with E-state index in [9.17, 15) is 10.2 Å². The first kappa shape index (κ1) is 15.9. The molecule has 3 N–H and O–H groups in total. The van der Waals surface area contributed by atoms with E-state index in [1.165, 1.54) is 0 Å². The van der Waals surface area contributed by atoms with E-state index < -0.39 is 6.10 Å². The van der Waals surface area contributed by atoms with Crippen LogP contribution in [-0.4, -0.2) is 61.9 Å². The Balaban J connectivity index is 1.88. The summed E-state index contributed by atoms with van der Waals surface area (Å²) in [5.74, 6) is 0.547. The monoisotopic (exact) mass is 261 g/mol. The van der Waals surface area contributed by atoms with Crippen molar-refractivity contribution in [1.82, 2.24) is 5.32 Å². The Morgan fingerprint density at radius 1 is 1.28 bits per heavy atom. The molecule has 108 valence electrons. The molecule has 5 heteroatoms. The van der Waals surface area contributed by atoms with Crippen molar-refractivity contribution in [2.24, 2.45) is 5.92 Å². The van der Waals surface area contributed by atoms with Crippen LogP contribution in [0.5, 0.6) is 0 Å². The molecule has 1 aliphatic rings. The Kier molecular flexibility index (Phi) is 8.54. The lowest BCUT2D eigenvalue weighted by Gasteiger charge is -2.15. The Bertz CT molecular complexity index is 203. The van der Waals surface area contributed by atoms with Crippen molar-refractivity contribution in [2.45, 2.75) is 38.4 Å². The summed E-state index contributed by atoms with van der Waals surface area (Å²) in [5, 5.41) is 22.3. The predicted octanol–water partition coefficient (Wildman–Crippen LogP) is 0.151. The zero-order valence-corrected chi connectivity index (χ0v) is 11.3. The fourth-order valence-electron chi connectivity index (χ4n) is 2.23. The minimum atomic E-state index is -0.474. The molecule has 1 aliphatic carbocycles. The van der Waals surface area contributed by atoms with E-state index in [2.05, 4.69) is 5.32 Å². The largest absolute Gasteiger partial charge is 0.393 e. The van der Waals surface area contributed by atoms with Gasteiger partial charge in [0.15, 0.2) is 0 Å². The molecule has 18 heavy (non-hydrogen) atoms. The second kappa shape index (κ2) is 9.69. The van der Waals surface area contributed by atoms with E-state index in [4.69, 9.17) is 9.47 Å². The van der Waals surface area contributed by atoms with Gasteiger partial charge in [-0.3, -0.25) is 0 Å². The van der Waals surface area contributed by atoms with Crippen molar-refractivity contribution in [3.05, 3.63) is 0 Å². The highest BCUT2D eigenvalue weighted by Crippen LogP contribution is 2.24. The second-order valence-electron chi connectivity index (χ2n) is 4.92. The number of rotatable bonds is 10. The van der Waals surface area contributed by atoms with Gasteiger partial charge in [-0.15, -0.1) is 0 Å². The number of hydrogen-bond donors (Lipinski definition) is 3. The topological polar surface area (TPSA) is 71.0 Å². The molecular formula is C13H27NO4. The smallest absolute Gasteiger partial charge is 0.0897 e. The number of nitrogens with one attached hydrogen (secondary N) is 1. The van der Waals surface area contributed by atoms with Crippen molar-refractivity contribution < 1.29 is 19.7 Å². The van der Waals surface area contributed by atoms with Gasteiger partial charge in [-0.1, -0.05) is 0 Å². The molecule has 0 amide bonds. The van der Waals surface area contributed by atoms with Crippen molar-refractivity contribution in [3.8, 4) is 0 Å². The molecule has 1 saturated carbocycles. The lowest BCUT2D eigenvalue weighted by molar-refractivity contribution is 0.00630. The molecule has 0 spiro atoms. The maximum atomic E-state index is 9.65. The molecule has 0 aliphatic heterocycles. The number of aliphatic hydroxyl groups excluding tert-OH is 2. The van der Waals surface area contributed by atoms with E-state index in [1.807, 2.05) is 6.92 Å². The first-order valence-electron chi connectivity index (χ1n) is 6.94. The van der Waals surface area contributed by atoms with E-state index in [1.54, 1.807) is 0 Å². The highest BCUT2D eigenvalue weighted by atomic mass is 16.5. The van der Waals surface area contributed by atoms with Crippen molar-refractivity contribution in [2.75, 3.05) is 39.5 Å². The second-order valence-corrected chi connectivity index (χ2v) is 4.92. The van der Waals surface area contributed by atoms with E-state index in [0.29, 0.717) is 38.9 Å². The third kappa shape index (κ3) is 7.28. The number of aliphatic hydroxyl groups is 2. The molecule has 1 rings (SSSR count). The molecule has 0 heterocycles. The van der Waals surface area contributed by atoms with Crippen LogP contribution in [0.4, 0.5) is 0 Å². The standard InChI is InChI=1S/C13H27NO4/c1-2-17-5-6-18-10-13(16)9-14-8-11-3-4-12(15)7-11/h11-16H,2-10H2,1H3. The zero-order chi connectivity index (χ0) is 13.2. The molecule has 0 bridgehead atoms. The molecule has 0 aromatic rings. The van der Waals surface area contributed by atoms with Crippen molar-refractivity contribution >= 4 is 0 Å². The molecule has 0 radical (unpaired) electrons. The first-order chi connectivity index (χ1) is 8.72. The Morgan fingerprint density at radius 2 is 2.06 bits per heavy atom. The lowest BCUT2D eigenvalue weighted by atomic mass is 10.1. The third-order valence-electron chi connectivity index (χ3n) is 3.21. The van der Waals surface area contributed by atoms with Gasteiger partial charge in [-0.2, -0.15) is 0 Å². The Hall–Kier alpha value is -0.200. The summed E-state index contributed by atoms with van der Waals surface area (Å²) in [6.45, 7) is 5.50. The maximum absolute atomic E-state index is 9.65. The molecule has 3 atom stereocenters. The quantitative estimate of drug-likeness (QED) is 0.488. The van der Waals surface area contributed by atoms with Crippen LogP contribution >= 0.6 is 0 Å². The van der Waals surface area contributed by atoms with Crippen LogP contribution in [0.1, 0.15) is 26.2 Å². The van der Waals surface area contributed by atoms with Crippen LogP contribution < -0.4 is 5.32 Å². The Labute approximate surface area is 109 Å². The van der Waals surface area contributed by atoms with Gasteiger partial charge in [0.2, 0.25) is 0 Å². The van der Waals surface area contributed by atoms with Crippen LogP contribution in [0.3, 0.4) is 0 Å². The van der Waals surface area contributed by atoms with E-state index >= 15 is 0 Å². The van der Waals surface area contributed by atoms with E-state index in [-0.39, 0.29) is 6.10 Å². The van der Waals surface area contributed by atoms with Crippen LogP contribution in [0.2, 0.25) is 0 Å². The van der Waals surface area contributed by atoms with Gasteiger partial charge in [0.25, 0.3) is 0 Å². The van der Waals surface area contributed by atoms with Gasteiger partial charge in [0.05, 0.1) is 32.0 Å². The average molecular weight is 261 g/mol. The highest BCUT2D eigenvalue weighted by Gasteiger charge is 2.22. The molecule has 3 unspecified atom stereocenters. The minimum absolute atomic E-state index is 0.122. The van der Waals surface area contributed by atoms with Gasteiger partial charge < -0.3 is 25.0 Å². The van der Waals surface area contributed by atoms with Gasteiger partial charge in [0, 0.05) is 13.2 Å². The normalized spacial score (nSPS) is 25.5. The maximum Gasteiger partial charge on any atom is 0.0897 e. The van der Waals surface area contributed by atoms with Crippen LogP contribution in [0.25, 0.3) is 0 Å². The van der Waals surface area contributed by atoms with Crippen molar-refractivity contribution in [1.29, 1.82) is 0 Å². The molecule has 0 aromatic carbocycles. The zero-order valence-electron chi connectivity index (χ0n) is 11.3. The van der Waals surface area contributed by atoms with Gasteiger partial charge in [-0.25, -0.2) is 0 Å². The minimum Gasteiger partial charge on any atom is -0.393 e. The predicted molar refractivity (Wildman–Crippen MR) is 69.5 cm³/mol. The Morgan fingerprint density at radius 3 is 2.72 bits per heavy atom. The fraction of sp³-hybridized carbons (Fsp3) is 1.00. The van der Waals surface area contributed by atoms with Crippen molar-refractivity contribution in [3.63, 3.8) is 0 Å². The summed E-state index contributed by atoms with van der Waals surface area (Å²) in [4.78, 5) is 0. The molecule has 5 nitrogen and oxygen atoms in total. The first-order valence-corrected chi connectivity index (χ1v) is 6.94. The number of hydrogen-bond acceptors (Lipinski definition) is 5. The van der Waals surface area contributed by atoms with Crippen LogP contribution in [0, 0.1) is 5.92 Å². The lowest BCUT2D eigenvalue weighted by Crippen LogP contribution is -2.33. The molecular weight excluding hydrogens is 234 g/mol. The highest BCUT2D eigenvalue weighted by molar-refractivity contribution is 4.76. The van der Waals surface area contributed by atoms with Crippen LogP contribution in [-0.2, 0) is 9.47 Å². The van der Waals surface area contributed by atoms with Crippen LogP contribution in [0.15, 0.2) is 0 Å². The third-order valence-corrected chi connectivity index (χ3v) is 3.21. The van der Waals surface area contributed by atoms with Gasteiger partial charge in [-0.05, 0) is 38.6 Å².